The number of unbranched alkanes of at least 4 members (excludes halogenated alkanes) is 1. The van der Waals surface area contributed by atoms with Crippen LogP contribution in [0.1, 0.15) is 69.8 Å². The molecule has 2 aromatic rings. The maximum atomic E-state index is 14.9. The highest BCUT2D eigenvalue weighted by atomic mass is 19.2. The zero-order valence-corrected chi connectivity index (χ0v) is 18.3. The highest BCUT2D eigenvalue weighted by Gasteiger charge is 2.26. The quantitative estimate of drug-likeness (QED) is 0.373. The van der Waals surface area contributed by atoms with Crippen molar-refractivity contribution in [2.24, 2.45) is 5.92 Å². The first kappa shape index (κ1) is 22.7. The standard InChI is InChI=1S/C26H34F2O2/c1-3-6-19-7-9-20(10-8-19)23-15-16-24(26(28)25(23)27)21-11-13-22(14-12-21)30-18-5-4-17-29-2/h11-16,19-20H,3-10,17-18H2,1-2H3. The molecule has 0 amide bonds. The van der Waals surface area contributed by atoms with Gasteiger partial charge in [0.1, 0.15) is 5.75 Å². The Balaban J connectivity index is 1.64. The first-order valence-corrected chi connectivity index (χ1v) is 11.3. The molecule has 0 spiro atoms. The van der Waals surface area contributed by atoms with Crippen molar-refractivity contribution >= 4 is 0 Å². The van der Waals surface area contributed by atoms with Gasteiger partial charge < -0.3 is 9.47 Å². The molecular weight excluding hydrogens is 382 g/mol. The average molecular weight is 417 g/mol. The molecule has 30 heavy (non-hydrogen) atoms. The predicted molar refractivity (Wildman–Crippen MR) is 118 cm³/mol. The third-order valence-corrected chi connectivity index (χ3v) is 6.27. The van der Waals surface area contributed by atoms with Crippen molar-refractivity contribution in [2.75, 3.05) is 20.3 Å². The minimum Gasteiger partial charge on any atom is -0.494 e. The van der Waals surface area contributed by atoms with Crippen molar-refractivity contribution in [3.63, 3.8) is 0 Å². The van der Waals surface area contributed by atoms with Crippen LogP contribution < -0.4 is 4.74 Å². The Bertz CT molecular complexity index is 780. The highest BCUT2D eigenvalue weighted by Crippen LogP contribution is 2.40. The Kier molecular flexibility index (Phi) is 8.68. The molecule has 3 rings (SSSR count). The Labute approximate surface area is 179 Å². The molecule has 2 nitrogen and oxygen atoms in total. The van der Waals surface area contributed by atoms with Crippen molar-refractivity contribution in [1.82, 2.24) is 0 Å². The van der Waals surface area contributed by atoms with E-state index in [2.05, 4.69) is 6.92 Å². The number of rotatable bonds is 10. The summed E-state index contributed by atoms with van der Waals surface area (Å²) in [6.45, 7) is 3.55. The summed E-state index contributed by atoms with van der Waals surface area (Å²) < 4.78 is 40.5. The van der Waals surface area contributed by atoms with Gasteiger partial charge in [0.05, 0.1) is 6.61 Å². The Morgan fingerprint density at radius 3 is 2.23 bits per heavy atom. The fourth-order valence-electron chi connectivity index (χ4n) is 4.54. The largest absolute Gasteiger partial charge is 0.494 e. The Morgan fingerprint density at radius 1 is 0.867 bits per heavy atom. The molecular formula is C26H34F2O2. The van der Waals surface area contributed by atoms with Crippen LogP contribution in [0.4, 0.5) is 8.78 Å². The van der Waals surface area contributed by atoms with Gasteiger partial charge in [-0.3, -0.25) is 0 Å². The summed E-state index contributed by atoms with van der Waals surface area (Å²) in [5.41, 5.74) is 1.51. The van der Waals surface area contributed by atoms with E-state index in [1.54, 1.807) is 31.4 Å². The van der Waals surface area contributed by atoms with Crippen molar-refractivity contribution in [2.45, 2.75) is 64.2 Å². The number of hydrogen-bond acceptors (Lipinski definition) is 2. The van der Waals surface area contributed by atoms with Crippen LogP contribution in [0, 0.1) is 17.6 Å². The minimum absolute atomic E-state index is 0.135. The molecule has 0 saturated heterocycles. The van der Waals surface area contributed by atoms with Crippen molar-refractivity contribution < 1.29 is 18.3 Å². The van der Waals surface area contributed by atoms with E-state index in [1.807, 2.05) is 12.1 Å². The van der Waals surface area contributed by atoms with E-state index in [0.717, 1.165) is 56.8 Å². The fourth-order valence-corrected chi connectivity index (χ4v) is 4.54. The van der Waals surface area contributed by atoms with Gasteiger partial charge in [-0.05, 0) is 73.6 Å². The van der Waals surface area contributed by atoms with Crippen molar-refractivity contribution in [3.05, 3.63) is 53.6 Å². The first-order valence-electron chi connectivity index (χ1n) is 11.3. The number of hydrogen-bond donors (Lipinski definition) is 0. The number of methoxy groups -OCH3 is 1. The molecule has 4 heteroatoms. The molecule has 1 aliphatic carbocycles. The van der Waals surface area contributed by atoms with E-state index in [-0.39, 0.29) is 5.92 Å². The third-order valence-electron chi connectivity index (χ3n) is 6.27. The zero-order chi connectivity index (χ0) is 21.3. The van der Waals surface area contributed by atoms with E-state index < -0.39 is 11.6 Å². The van der Waals surface area contributed by atoms with Crippen LogP contribution in [0.2, 0.25) is 0 Å². The molecule has 0 unspecified atom stereocenters. The van der Waals surface area contributed by atoms with Gasteiger partial charge in [0, 0.05) is 19.3 Å². The maximum Gasteiger partial charge on any atom is 0.166 e. The average Bonchev–Trinajstić information content (AvgIpc) is 2.77. The summed E-state index contributed by atoms with van der Waals surface area (Å²) in [4.78, 5) is 0. The lowest BCUT2D eigenvalue weighted by Gasteiger charge is -2.29. The number of halogens is 2. The van der Waals surface area contributed by atoms with Crippen LogP contribution in [0.3, 0.4) is 0 Å². The van der Waals surface area contributed by atoms with Gasteiger partial charge in [-0.1, -0.05) is 44.0 Å². The fraction of sp³-hybridized carbons (Fsp3) is 0.538. The zero-order valence-electron chi connectivity index (χ0n) is 18.3. The van der Waals surface area contributed by atoms with Gasteiger partial charge in [0.2, 0.25) is 0 Å². The smallest absolute Gasteiger partial charge is 0.166 e. The molecule has 0 atom stereocenters. The normalized spacial score (nSPS) is 19.1. The van der Waals surface area contributed by atoms with Crippen molar-refractivity contribution in [3.8, 4) is 16.9 Å². The Morgan fingerprint density at radius 2 is 1.57 bits per heavy atom. The molecule has 0 radical (unpaired) electrons. The third kappa shape index (κ3) is 5.81. The number of ether oxygens (including phenoxy) is 2. The lowest BCUT2D eigenvalue weighted by atomic mass is 9.77. The molecule has 164 valence electrons. The summed E-state index contributed by atoms with van der Waals surface area (Å²) in [7, 11) is 1.69. The molecule has 0 N–H and O–H groups in total. The summed E-state index contributed by atoms with van der Waals surface area (Å²) in [6, 6.07) is 10.7. The monoisotopic (exact) mass is 416 g/mol. The number of benzene rings is 2. The van der Waals surface area contributed by atoms with Crippen LogP contribution in [0.15, 0.2) is 36.4 Å². The molecule has 0 aromatic heterocycles. The highest BCUT2D eigenvalue weighted by molar-refractivity contribution is 5.65. The minimum atomic E-state index is -0.739. The molecule has 1 aliphatic rings. The van der Waals surface area contributed by atoms with E-state index in [4.69, 9.17) is 9.47 Å². The van der Waals surface area contributed by atoms with E-state index >= 15 is 0 Å². The van der Waals surface area contributed by atoms with Gasteiger partial charge in [-0.2, -0.15) is 0 Å². The molecule has 1 fully saturated rings. The second-order valence-electron chi connectivity index (χ2n) is 8.41. The molecule has 1 saturated carbocycles. The van der Waals surface area contributed by atoms with E-state index in [9.17, 15) is 8.78 Å². The van der Waals surface area contributed by atoms with E-state index in [0.29, 0.717) is 23.3 Å². The maximum absolute atomic E-state index is 14.9. The summed E-state index contributed by atoms with van der Waals surface area (Å²) in [5.74, 6) is 0.202. The van der Waals surface area contributed by atoms with Crippen molar-refractivity contribution in [1.29, 1.82) is 0 Å². The van der Waals surface area contributed by atoms with Crippen LogP contribution in [0.5, 0.6) is 5.75 Å². The Hall–Kier alpha value is -1.94. The lowest BCUT2D eigenvalue weighted by molar-refractivity contribution is 0.184. The van der Waals surface area contributed by atoms with Crippen LogP contribution in [-0.2, 0) is 4.74 Å². The van der Waals surface area contributed by atoms with Gasteiger partial charge >= 0.3 is 0 Å². The van der Waals surface area contributed by atoms with Crippen LogP contribution >= 0.6 is 0 Å². The second kappa shape index (κ2) is 11.5. The van der Waals surface area contributed by atoms with Gasteiger partial charge in [-0.25, -0.2) is 8.78 Å². The van der Waals surface area contributed by atoms with Gasteiger partial charge in [0.15, 0.2) is 11.6 Å². The SMILES string of the molecule is CCCC1CCC(c2ccc(-c3ccc(OCCCCOC)cc3)c(F)c2F)CC1. The predicted octanol–water partition coefficient (Wildman–Crippen LogP) is 7.51. The summed E-state index contributed by atoms with van der Waals surface area (Å²) in [6.07, 6.45) is 8.46. The van der Waals surface area contributed by atoms with Gasteiger partial charge in [0.25, 0.3) is 0 Å². The second-order valence-corrected chi connectivity index (χ2v) is 8.41. The molecule has 0 bridgehead atoms. The molecule has 2 aromatic carbocycles. The summed E-state index contributed by atoms with van der Waals surface area (Å²) in [5, 5.41) is 0. The first-order chi connectivity index (χ1) is 14.6. The lowest BCUT2D eigenvalue weighted by Crippen LogP contribution is -2.14. The van der Waals surface area contributed by atoms with Crippen LogP contribution in [0.25, 0.3) is 11.1 Å². The van der Waals surface area contributed by atoms with E-state index in [1.165, 1.54) is 12.8 Å². The summed E-state index contributed by atoms with van der Waals surface area (Å²) >= 11 is 0. The topological polar surface area (TPSA) is 18.5 Å². The van der Waals surface area contributed by atoms with Crippen LogP contribution in [-0.4, -0.2) is 20.3 Å². The molecule has 0 aliphatic heterocycles. The van der Waals surface area contributed by atoms with Gasteiger partial charge in [-0.15, -0.1) is 0 Å². The molecule has 0 heterocycles.